The maximum absolute atomic E-state index is 12.8. The van der Waals surface area contributed by atoms with E-state index in [0.717, 1.165) is 22.4 Å². The number of nitrogens with zero attached hydrogens (tertiary/aromatic N) is 1. The van der Waals surface area contributed by atoms with E-state index in [1.54, 1.807) is 4.90 Å². The van der Waals surface area contributed by atoms with Gasteiger partial charge in [-0.2, -0.15) is 0 Å². The van der Waals surface area contributed by atoms with Crippen molar-refractivity contribution >= 4 is 17.6 Å². The van der Waals surface area contributed by atoms with E-state index >= 15 is 0 Å². The third kappa shape index (κ3) is 4.74. The summed E-state index contributed by atoms with van der Waals surface area (Å²) in [5, 5.41) is 2.76. The highest BCUT2D eigenvalue weighted by atomic mass is 16.5. The average Bonchev–Trinajstić information content (AvgIpc) is 3.09. The number of fused-ring (bicyclic) bond motifs is 1. The maximum Gasteiger partial charge on any atom is 0.255 e. The molecule has 2 aromatic carbocycles. The second-order valence-electron chi connectivity index (χ2n) is 8.36. The van der Waals surface area contributed by atoms with Gasteiger partial charge in [-0.1, -0.05) is 30.8 Å². The first-order chi connectivity index (χ1) is 15.4. The van der Waals surface area contributed by atoms with Gasteiger partial charge >= 0.3 is 0 Å². The fourth-order valence-electron chi connectivity index (χ4n) is 4.33. The van der Waals surface area contributed by atoms with Crippen LogP contribution in [0.15, 0.2) is 54.7 Å². The summed E-state index contributed by atoms with van der Waals surface area (Å²) in [6.07, 6.45) is 2.74. The van der Waals surface area contributed by atoms with Crippen molar-refractivity contribution in [2.75, 3.05) is 6.61 Å². The quantitative estimate of drug-likeness (QED) is 0.692. The summed E-state index contributed by atoms with van der Waals surface area (Å²) >= 11 is 0. The number of ether oxygens (including phenoxy) is 1. The number of nitrogens with one attached hydrogen (secondary N) is 1. The maximum atomic E-state index is 12.8. The van der Waals surface area contributed by atoms with Crippen LogP contribution in [0.25, 0.3) is 0 Å². The number of piperidine rings is 1. The van der Waals surface area contributed by atoms with Gasteiger partial charge in [-0.05, 0) is 61.1 Å². The van der Waals surface area contributed by atoms with Crippen LogP contribution in [0.4, 0.5) is 0 Å². The number of allylic oxidation sites excluding steroid dienone is 1. The van der Waals surface area contributed by atoms with Crippen molar-refractivity contribution in [3.63, 3.8) is 0 Å². The third-order valence-corrected chi connectivity index (χ3v) is 6.03. The number of rotatable bonds is 8. The molecule has 166 valence electrons. The van der Waals surface area contributed by atoms with Crippen LogP contribution in [-0.4, -0.2) is 35.1 Å². The zero-order valence-corrected chi connectivity index (χ0v) is 18.4. The van der Waals surface area contributed by atoms with Gasteiger partial charge in [0.05, 0.1) is 6.61 Å². The van der Waals surface area contributed by atoms with Crippen molar-refractivity contribution in [2.45, 2.75) is 51.6 Å². The molecule has 2 aromatic rings. The SMILES string of the molecule is C=C1CCC(N2Cc3cc(CCC(=O)Cc4ccc(OCC)cc4)ccc3C2=O)C(=O)N1. The monoisotopic (exact) mass is 432 g/mol. The Morgan fingerprint density at radius 2 is 1.91 bits per heavy atom. The van der Waals surface area contributed by atoms with Crippen LogP contribution in [0.3, 0.4) is 0 Å². The summed E-state index contributed by atoms with van der Waals surface area (Å²) < 4.78 is 5.43. The van der Waals surface area contributed by atoms with E-state index in [0.29, 0.717) is 56.5 Å². The zero-order chi connectivity index (χ0) is 22.7. The lowest BCUT2D eigenvalue weighted by molar-refractivity contribution is -0.126. The van der Waals surface area contributed by atoms with Crippen molar-refractivity contribution < 1.29 is 19.1 Å². The minimum atomic E-state index is -0.459. The van der Waals surface area contributed by atoms with Crippen LogP contribution in [0.5, 0.6) is 5.75 Å². The molecule has 2 aliphatic rings. The Bertz CT molecular complexity index is 1060. The summed E-state index contributed by atoms with van der Waals surface area (Å²) in [5.74, 6) is 0.709. The Morgan fingerprint density at radius 1 is 1.16 bits per heavy atom. The first-order valence-corrected chi connectivity index (χ1v) is 11.1. The molecule has 32 heavy (non-hydrogen) atoms. The van der Waals surface area contributed by atoms with Crippen LogP contribution in [0, 0.1) is 0 Å². The lowest BCUT2D eigenvalue weighted by Gasteiger charge is -2.30. The molecule has 1 N–H and O–H groups in total. The normalized spacial score (nSPS) is 17.8. The van der Waals surface area contributed by atoms with Crippen molar-refractivity contribution in [3.8, 4) is 5.75 Å². The van der Waals surface area contributed by atoms with Gasteiger partial charge in [0.25, 0.3) is 5.91 Å². The van der Waals surface area contributed by atoms with Crippen molar-refractivity contribution in [2.24, 2.45) is 0 Å². The molecule has 1 saturated heterocycles. The van der Waals surface area contributed by atoms with Crippen molar-refractivity contribution in [1.29, 1.82) is 0 Å². The Hall–Kier alpha value is -3.41. The Kier molecular flexibility index (Phi) is 6.40. The van der Waals surface area contributed by atoms with Gasteiger partial charge < -0.3 is 15.0 Å². The largest absolute Gasteiger partial charge is 0.494 e. The van der Waals surface area contributed by atoms with E-state index in [9.17, 15) is 14.4 Å². The van der Waals surface area contributed by atoms with Gasteiger partial charge in [-0.15, -0.1) is 0 Å². The van der Waals surface area contributed by atoms with Gasteiger partial charge in [0.2, 0.25) is 5.91 Å². The fourth-order valence-corrected chi connectivity index (χ4v) is 4.33. The molecular weight excluding hydrogens is 404 g/mol. The number of hydrogen-bond acceptors (Lipinski definition) is 4. The van der Waals surface area contributed by atoms with Crippen LogP contribution in [0.2, 0.25) is 0 Å². The number of Topliss-reactive ketones (excluding diaryl/α,β-unsaturated/α-hetero) is 1. The molecule has 1 unspecified atom stereocenters. The third-order valence-electron chi connectivity index (χ3n) is 6.03. The number of carbonyl (C=O) groups is 3. The summed E-state index contributed by atoms with van der Waals surface area (Å²) in [6, 6.07) is 12.9. The molecule has 2 amide bonds. The molecular formula is C26H28N2O4. The smallest absolute Gasteiger partial charge is 0.255 e. The Morgan fingerprint density at radius 3 is 2.62 bits per heavy atom. The molecule has 0 aromatic heterocycles. The van der Waals surface area contributed by atoms with E-state index in [2.05, 4.69) is 11.9 Å². The predicted molar refractivity (Wildman–Crippen MR) is 121 cm³/mol. The lowest BCUT2D eigenvalue weighted by Crippen LogP contribution is -2.49. The van der Waals surface area contributed by atoms with Gasteiger partial charge in [0.15, 0.2) is 0 Å². The van der Waals surface area contributed by atoms with Gasteiger partial charge in [-0.3, -0.25) is 14.4 Å². The average molecular weight is 433 g/mol. The highest BCUT2D eigenvalue weighted by Gasteiger charge is 2.38. The molecule has 1 atom stereocenters. The van der Waals surface area contributed by atoms with E-state index in [-0.39, 0.29) is 17.6 Å². The van der Waals surface area contributed by atoms with Crippen LogP contribution < -0.4 is 10.1 Å². The number of carbonyl (C=O) groups excluding carboxylic acids is 3. The number of aryl methyl sites for hydroxylation is 1. The highest BCUT2D eigenvalue weighted by Crippen LogP contribution is 2.29. The van der Waals surface area contributed by atoms with Crippen LogP contribution >= 0.6 is 0 Å². The van der Waals surface area contributed by atoms with Crippen molar-refractivity contribution in [1.82, 2.24) is 10.2 Å². The van der Waals surface area contributed by atoms with E-state index in [4.69, 9.17) is 4.74 Å². The predicted octanol–water partition coefficient (Wildman–Crippen LogP) is 3.58. The van der Waals surface area contributed by atoms with E-state index in [1.807, 2.05) is 49.4 Å². The number of benzene rings is 2. The minimum absolute atomic E-state index is 0.106. The lowest BCUT2D eigenvalue weighted by atomic mass is 9.99. The molecule has 0 saturated carbocycles. The first-order valence-electron chi connectivity index (χ1n) is 11.1. The second-order valence-corrected chi connectivity index (χ2v) is 8.36. The topological polar surface area (TPSA) is 75.7 Å². The van der Waals surface area contributed by atoms with E-state index in [1.165, 1.54) is 0 Å². The zero-order valence-electron chi connectivity index (χ0n) is 18.4. The Labute approximate surface area is 188 Å². The van der Waals surface area contributed by atoms with Gasteiger partial charge in [-0.25, -0.2) is 0 Å². The summed E-state index contributed by atoms with van der Waals surface area (Å²) in [7, 11) is 0. The molecule has 0 spiro atoms. The number of hydrogen-bond donors (Lipinski definition) is 1. The minimum Gasteiger partial charge on any atom is -0.494 e. The molecule has 2 aliphatic heterocycles. The molecule has 0 bridgehead atoms. The molecule has 0 aliphatic carbocycles. The molecule has 6 heteroatoms. The fraction of sp³-hybridized carbons (Fsp3) is 0.346. The van der Waals surface area contributed by atoms with Gasteiger partial charge in [0.1, 0.15) is 17.6 Å². The van der Waals surface area contributed by atoms with E-state index < -0.39 is 6.04 Å². The molecule has 6 nitrogen and oxygen atoms in total. The van der Waals surface area contributed by atoms with Crippen LogP contribution in [0.1, 0.15) is 53.2 Å². The molecule has 1 fully saturated rings. The Balaban J connectivity index is 1.34. The second kappa shape index (κ2) is 9.39. The van der Waals surface area contributed by atoms with Gasteiger partial charge in [0, 0.05) is 30.6 Å². The first kappa shape index (κ1) is 21.8. The van der Waals surface area contributed by atoms with Crippen LogP contribution in [-0.2, 0) is 29.0 Å². The molecule has 0 radical (unpaired) electrons. The summed E-state index contributed by atoms with van der Waals surface area (Å²) in [6.45, 7) is 6.78. The standard InChI is InChI=1S/C26H28N2O4/c1-3-32-22-10-6-19(7-11-22)15-21(29)9-5-18-8-12-23-20(14-18)16-28(26(23)31)24-13-4-17(2)27-25(24)30/h6-8,10-12,14,24H,2-5,9,13,15-16H2,1H3,(H,27,30). The number of amides is 2. The molecule has 4 rings (SSSR count). The summed E-state index contributed by atoms with van der Waals surface area (Å²) in [4.78, 5) is 39.3. The molecule has 2 heterocycles. The van der Waals surface area contributed by atoms with Crippen molar-refractivity contribution in [3.05, 3.63) is 77.0 Å². The summed E-state index contributed by atoms with van der Waals surface area (Å²) in [5.41, 5.74) is 4.27. The highest BCUT2D eigenvalue weighted by molar-refractivity contribution is 6.01. The number of ketones is 1.